The van der Waals surface area contributed by atoms with E-state index in [1.54, 1.807) is 6.92 Å². The summed E-state index contributed by atoms with van der Waals surface area (Å²) >= 11 is 0. The van der Waals surface area contributed by atoms with E-state index in [0.717, 1.165) is 18.4 Å². The molecule has 15 nitrogen and oxygen atoms in total. The summed E-state index contributed by atoms with van der Waals surface area (Å²) < 4.78 is 28.4. The van der Waals surface area contributed by atoms with Gasteiger partial charge in [0, 0.05) is 18.4 Å². The first-order valence-corrected chi connectivity index (χ1v) is 16.6. The first-order chi connectivity index (χ1) is 22.8. The molecule has 0 aromatic heterocycles. The summed E-state index contributed by atoms with van der Waals surface area (Å²) in [6, 6.07) is 6.40. The lowest BCUT2D eigenvalue weighted by molar-refractivity contribution is -0.358. The van der Waals surface area contributed by atoms with Crippen LogP contribution in [0.15, 0.2) is 24.3 Å². The average Bonchev–Trinajstić information content (AvgIpc) is 3.06. The third-order valence-corrected chi connectivity index (χ3v) is 9.21. The van der Waals surface area contributed by atoms with Crippen LogP contribution in [0.3, 0.4) is 0 Å². The molecule has 0 saturated carbocycles. The monoisotopic (exact) mass is 685 g/mol. The predicted octanol–water partition coefficient (Wildman–Crippen LogP) is -1.18. The number of aryl methyl sites for hydroxylation is 1. The molecular weight excluding hydrogens is 634 g/mol. The fraction of sp³-hybridized carbons (Fsp3) is 0.758. The van der Waals surface area contributed by atoms with Crippen LogP contribution in [0.25, 0.3) is 0 Å². The highest BCUT2D eigenvalue weighted by atomic mass is 16.7. The maximum absolute atomic E-state index is 12.8. The third kappa shape index (κ3) is 9.56. The smallest absolute Gasteiger partial charge is 0.220 e. The average molecular weight is 686 g/mol. The van der Waals surface area contributed by atoms with Crippen molar-refractivity contribution in [2.45, 2.75) is 145 Å². The van der Waals surface area contributed by atoms with Crippen molar-refractivity contribution in [3.05, 3.63) is 35.4 Å². The summed E-state index contributed by atoms with van der Waals surface area (Å²) in [4.78, 5) is 25.2. The molecule has 1 aromatic rings. The van der Waals surface area contributed by atoms with Crippen molar-refractivity contribution in [1.29, 1.82) is 0 Å². The van der Waals surface area contributed by atoms with Crippen molar-refractivity contribution >= 4 is 11.7 Å². The van der Waals surface area contributed by atoms with Crippen LogP contribution in [0.4, 0.5) is 0 Å². The molecule has 3 saturated heterocycles. The van der Waals surface area contributed by atoms with Gasteiger partial charge in [-0.05, 0) is 33.6 Å². The Bertz CT molecular complexity index is 1170. The SMILES string of the molecule is Cc1ccc(C(=O)CCCCCCC(=O)N[C@H]2C(CO)O[C@@H](C)C(O[C@@H]3OC(C)[C@H](O[C@@H]4OC[C@@H](O)C(O)C4O)C(O)C3O)C2O)cc1. The Morgan fingerprint density at radius 3 is 2.02 bits per heavy atom. The molecule has 272 valence electrons. The molecule has 3 aliphatic heterocycles. The molecular formula is C33H51NO14. The van der Waals surface area contributed by atoms with Crippen LogP contribution in [0, 0.1) is 6.92 Å². The summed E-state index contributed by atoms with van der Waals surface area (Å²) in [5.74, 6) is -0.285. The number of amides is 1. The van der Waals surface area contributed by atoms with Gasteiger partial charge in [0.25, 0.3) is 0 Å². The van der Waals surface area contributed by atoms with Gasteiger partial charge in [-0.2, -0.15) is 0 Å². The van der Waals surface area contributed by atoms with Crippen LogP contribution in [-0.4, -0.2) is 146 Å². The normalized spacial score (nSPS) is 38.8. The number of aliphatic hydroxyl groups excluding tert-OH is 7. The second kappa shape index (κ2) is 17.7. The number of aliphatic hydroxyl groups is 7. The zero-order valence-electron chi connectivity index (χ0n) is 27.5. The number of unbranched alkanes of at least 4 members (excludes halogenated alkanes) is 3. The minimum absolute atomic E-state index is 0.0829. The molecule has 1 amide bonds. The zero-order chi connectivity index (χ0) is 35.1. The van der Waals surface area contributed by atoms with E-state index in [0.29, 0.717) is 24.8 Å². The Hall–Kier alpha value is -2.12. The van der Waals surface area contributed by atoms with Gasteiger partial charge in [-0.1, -0.05) is 42.7 Å². The third-order valence-electron chi connectivity index (χ3n) is 9.21. The highest BCUT2D eigenvalue weighted by Crippen LogP contribution is 2.31. The van der Waals surface area contributed by atoms with Crippen molar-refractivity contribution in [3.8, 4) is 0 Å². The Kier molecular flexibility index (Phi) is 14.3. The van der Waals surface area contributed by atoms with Crippen molar-refractivity contribution in [2.75, 3.05) is 13.2 Å². The van der Waals surface area contributed by atoms with Gasteiger partial charge in [-0.15, -0.1) is 0 Å². The van der Waals surface area contributed by atoms with Crippen molar-refractivity contribution in [1.82, 2.24) is 5.32 Å². The molecule has 1 aromatic carbocycles. The number of carbonyl (C=O) groups is 2. The van der Waals surface area contributed by atoms with Gasteiger partial charge in [-0.3, -0.25) is 9.59 Å². The maximum Gasteiger partial charge on any atom is 0.220 e. The molecule has 3 fully saturated rings. The van der Waals surface area contributed by atoms with Crippen LogP contribution in [-0.2, 0) is 28.5 Å². The number of Topliss-reactive ketones (excluding diaryl/α,β-unsaturated/α-hetero) is 1. The molecule has 0 radical (unpaired) electrons. The highest BCUT2D eigenvalue weighted by Gasteiger charge is 2.51. The molecule has 48 heavy (non-hydrogen) atoms. The number of ketones is 1. The van der Waals surface area contributed by atoms with Gasteiger partial charge < -0.3 is 64.7 Å². The standard InChI is InChI=1S/C33H51NO14/c1-16-10-12-19(13-11-16)20(36)8-6-4-5-7-9-23(38)34-24-22(14-35)45-17(2)30(26(24)40)48-33-29(43)27(41)31(18(3)46-33)47-32-28(42)25(39)21(37)15-44-32/h10-13,17-18,21-22,24-33,35,37,39-43H,4-9,14-15H2,1-3H3,(H,34,38)/t17-,18?,21+,22?,24-,25?,26?,27?,28?,29?,30?,31-,32-,33-/m0/s1. The van der Waals surface area contributed by atoms with Gasteiger partial charge in [0.1, 0.15) is 54.9 Å². The summed E-state index contributed by atoms with van der Waals surface area (Å²) in [6.07, 6.45) is -13.8. The quantitative estimate of drug-likeness (QED) is 0.0851. The fourth-order valence-corrected chi connectivity index (χ4v) is 6.25. The topological polar surface area (TPSA) is 234 Å². The summed E-state index contributed by atoms with van der Waals surface area (Å²) in [7, 11) is 0. The lowest BCUT2D eigenvalue weighted by Gasteiger charge is -2.48. The minimum atomic E-state index is -1.70. The Morgan fingerprint density at radius 2 is 1.35 bits per heavy atom. The number of nitrogens with one attached hydrogen (secondary N) is 1. The van der Waals surface area contributed by atoms with E-state index in [9.17, 15) is 45.3 Å². The number of carbonyl (C=O) groups excluding carboxylic acids is 2. The van der Waals surface area contributed by atoms with Crippen LogP contribution in [0.1, 0.15) is 68.3 Å². The molecule has 8 N–H and O–H groups in total. The number of ether oxygens (including phenoxy) is 5. The van der Waals surface area contributed by atoms with Crippen LogP contribution >= 0.6 is 0 Å². The number of hydrogen-bond acceptors (Lipinski definition) is 14. The van der Waals surface area contributed by atoms with Crippen molar-refractivity contribution in [3.63, 3.8) is 0 Å². The van der Waals surface area contributed by atoms with Gasteiger partial charge in [0.2, 0.25) is 5.91 Å². The van der Waals surface area contributed by atoms with E-state index in [1.807, 2.05) is 31.2 Å². The minimum Gasteiger partial charge on any atom is -0.394 e. The second-order valence-corrected chi connectivity index (χ2v) is 13.0. The first kappa shape index (κ1) is 38.7. The van der Waals surface area contributed by atoms with E-state index in [-0.39, 0.29) is 24.7 Å². The van der Waals surface area contributed by atoms with Crippen molar-refractivity contribution in [2.24, 2.45) is 0 Å². The van der Waals surface area contributed by atoms with E-state index < -0.39 is 92.4 Å². The van der Waals surface area contributed by atoms with E-state index in [2.05, 4.69) is 5.32 Å². The van der Waals surface area contributed by atoms with Crippen molar-refractivity contribution < 1.29 is 69.0 Å². The zero-order valence-corrected chi connectivity index (χ0v) is 27.5. The van der Waals surface area contributed by atoms with Crippen LogP contribution in [0.2, 0.25) is 0 Å². The largest absolute Gasteiger partial charge is 0.394 e. The molecule has 3 heterocycles. The number of benzene rings is 1. The predicted molar refractivity (Wildman–Crippen MR) is 166 cm³/mol. The Balaban J connectivity index is 1.25. The highest BCUT2D eigenvalue weighted by molar-refractivity contribution is 5.96. The Morgan fingerprint density at radius 1 is 0.771 bits per heavy atom. The van der Waals surface area contributed by atoms with E-state index >= 15 is 0 Å². The first-order valence-electron chi connectivity index (χ1n) is 16.6. The van der Waals surface area contributed by atoms with Gasteiger partial charge in [0.05, 0.1) is 31.5 Å². The molecule has 0 bridgehead atoms. The number of hydrogen-bond donors (Lipinski definition) is 8. The second-order valence-electron chi connectivity index (χ2n) is 13.0. The molecule has 15 heteroatoms. The van der Waals surface area contributed by atoms with Gasteiger partial charge in [-0.25, -0.2) is 0 Å². The molecule has 0 spiro atoms. The van der Waals surface area contributed by atoms with Gasteiger partial charge in [0.15, 0.2) is 18.4 Å². The van der Waals surface area contributed by atoms with Gasteiger partial charge >= 0.3 is 0 Å². The lowest BCUT2D eigenvalue weighted by atomic mass is 9.92. The molecule has 4 rings (SSSR count). The summed E-state index contributed by atoms with van der Waals surface area (Å²) in [5, 5.41) is 75.5. The fourth-order valence-electron chi connectivity index (χ4n) is 6.25. The van der Waals surface area contributed by atoms with E-state index in [4.69, 9.17) is 23.7 Å². The van der Waals surface area contributed by atoms with E-state index in [1.165, 1.54) is 6.92 Å². The number of rotatable bonds is 14. The molecule has 14 atom stereocenters. The maximum atomic E-state index is 12.8. The Labute approximate surface area is 279 Å². The summed E-state index contributed by atoms with van der Waals surface area (Å²) in [6.45, 7) is 4.24. The molecule has 8 unspecified atom stereocenters. The lowest BCUT2D eigenvalue weighted by Crippen LogP contribution is -2.67. The summed E-state index contributed by atoms with van der Waals surface area (Å²) in [5.41, 5.74) is 1.78. The molecule has 0 aliphatic carbocycles. The molecule has 3 aliphatic rings. The van der Waals surface area contributed by atoms with Crippen LogP contribution in [0.5, 0.6) is 0 Å². The van der Waals surface area contributed by atoms with Crippen LogP contribution < -0.4 is 5.32 Å².